The average Bonchev–Trinajstić information content (AvgIpc) is 3.79. The number of ether oxygens (including phenoxy) is 1. The summed E-state index contributed by atoms with van der Waals surface area (Å²) < 4.78 is 54.0. The maximum absolute atomic E-state index is 15.6. The smallest absolute Gasteiger partial charge is 0.329 e. The first-order valence-corrected chi connectivity index (χ1v) is 21.7. The van der Waals surface area contributed by atoms with Crippen molar-refractivity contribution in [3.05, 3.63) is 60.4 Å². The molecular formula is C40H49FN14O5S. The maximum atomic E-state index is 15.6. The summed E-state index contributed by atoms with van der Waals surface area (Å²) in [6.07, 6.45) is 5.21. The lowest BCUT2D eigenvalue weighted by Crippen LogP contribution is -2.54. The number of aryl methyl sites for hydroxylation is 1. The first-order chi connectivity index (χ1) is 29.2. The van der Waals surface area contributed by atoms with Crippen molar-refractivity contribution in [3.8, 4) is 5.75 Å². The van der Waals surface area contributed by atoms with Crippen molar-refractivity contribution in [1.29, 1.82) is 5.41 Å². The van der Waals surface area contributed by atoms with Crippen LogP contribution >= 0.6 is 0 Å². The molecule has 5 aromatic rings. The van der Waals surface area contributed by atoms with E-state index in [0.29, 0.717) is 36.6 Å². The van der Waals surface area contributed by atoms with Crippen LogP contribution in [0.1, 0.15) is 45.7 Å². The van der Waals surface area contributed by atoms with Gasteiger partial charge in [0.2, 0.25) is 27.5 Å². The molecule has 3 saturated heterocycles. The van der Waals surface area contributed by atoms with Gasteiger partial charge in [-0.1, -0.05) is 0 Å². The van der Waals surface area contributed by atoms with Crippen LogP contribution in [0.4, 0.5) is 32.3 Å². The molecule has 61 heavy (non-hydrogen) atoms. The predicted octanol–water partition coefficient (Wildman–Crippen LogP) is 3.69. The molecule has 0 bridgehead atoms. The molecular weight excluding hydrogens is 808 g/mol. The Bertz CT molecular complexity index is 2660. The van der Waals surface area contributed by atoms with Crippen molar-refractivity contribution in [2.45, 2.75) is 57.1 Å². The number of hydrogen-bond acceptors (Lipinski definition) is 14. The van der Waals surface area contributed by atoms with Gasteiger partial charge in [0.25, 0.3) is 0 Å². The van der Waals surface area contributed by atoms with Gasteiger partial charge >= 0.3 is 6.03 Å². The molecule has 3 amide bonds. The van der Waals surface area contributed by atoms with E-state index in [1.165, 1.54) is 38.4 Å². The second-order valence-electron chi connectivity index (χ2n) is 15.9. The van der Waals surface area contributed by atoms with Crippen LogP contribution in [-0.4, -0.2) is 123 Å². The largest absolute Gasteiger partial charge is 0.485 e. The number of anilines is 4. The number of allylic oxidation sites excluding steroid dienone is 1. The van der Waals surface area contributed by atoms with Gasteiger partial charge in [0.15, 0.2) is 11.6 Å². The number of rotatable bonds is 12. The number of sulfonamides is 1. The Morgan fingerprint density at radius 1 is 1.11 bits per heavy atom. The normalized spacial score (nSPS) is 19.9. The zero-order valence-corrected chi connectivity index (χ0v) is 35.2. The third-order valence-corrected chi connectivity index (χ3v) is 13.2. The minimum absolute atomic E-state index is 0.0172. The Morgan fingerprint density at radius 3 is 2.66 bits per heavy atom. The van der Waals surface area contributed by atoms with E-state index >= 15 is 4.39 Å². The minimum Gasteiger partial charge on any atom is -0.485 e. The highest BCUT2D eigenvalue weighted by Crippen LogP contribution is 2.34. The van der Waals surface area contributed by atoms with Gasteiger partial charge < -0.3 is 26.1 Å². The SMILES string of the molecule is CC(C)Oc1c(/C(C=N)=C/N)ncn2nc(Nc3ccc(S(=O)(=O)N4CCCC(CN5CCN(c6ccc7c(N8CCC(=O)NC8=O)nn(C)c7c6)C(C)C5)C4)cc3F)nc12. The number of nitrogens with zero attached hydrogens (tertiary/aromatic N) is 10. The number of benzene rings is 2. The molecule has 19 nitrogen and oxygen atoms in total. The van der Waals surface area contributed by atoms with Crippen molar-refractivity contribution in [2.75, 3.05) is 60.9 Å². The average molecular weight is 857 g/mol. The van der Waals surface area contributed by atoms with Crippen LogP contribution < -0.4 is 30.9 Å². The highest BCUT2D eigenvalue weighted by atomic mass is 32.2. The number of carbonyl (C=O) groups is 2. The lowest BCUT2D eigenvalue weighted by molar-refractivity contribution is -0.120. The summed E-state index contributed by atoms with van der Waals surface area (Å²) in [6, 6.07) is 9.56. The Kier molecular flexibility index (Phi) is 11.4. The summed E-state index contributed by atoms with van der Waals surface area (Å²) >= 11 is 0. The minimum atomic E-state index is -3.99. The lowest BCUT2D eigenvalue weighted by Gasteiger charge is -2.43. The summed E-state index contributed by atoms with van der Waals surface area (Å²) in [7, 11) is -2.15. The highest BCUT2D eigenvalue weighted by molar-refractivity contribution is 7.89. The molecule has 0 radical (unpaired) electrons. The molecule has 0 saturated carbocycles. The molecule has 3 fully saturated rings. The summed E-state index contributed by atoms with van der Waals surface area (Å²) in [4.78, 5) is 39.2. The van der Waals surface area contributed by atoms with Gasteiger partial charge in [0.05, 0.1) is 22.2 Å². The first kappa shape index (κ1) is 41.5. The van der Waals surface area contributed by atoms with Gasteiger partial charge in [-0.05, 0) is 75.9 Å². The molecule has 0 spiro atoms. The van der Waals surface area contributed by atoms with Crippen LogP contribution in [0.15, 0.2) is 53.8 Å². The van der Waals surface area contributed by atoms with Crippen LogP contribution in [-0.2, 0) is 21.9 Å². The van der Waals surface area contributed by atoms with E-state index in [2.05, 4.69) is 53.6 Å². The summed E-state index contributed by atoms with van der Waals surface area (Å²) in [5, 5.41) is 22.7. The molecule has 2 aromatic carbocycles. The zero-order valence-electron chi connectivity index (χ0n) is 34.4. The van der Waals surface area contributed by atoms with Crippen LogP contribution in [0.3, 0.4) is 0 Å². The Labute approximate surface area is 351 Å². The Balaban J connectivity index is 0.903. The summed E-state index contributed by atoms with van der Waals surface area (Å²) in [6.45, 7) is 9.89. The van der Waals surface area contributed by atoms with Gasteiger partial charge in [-0.3, -0.25) is 24.6 Å². The number of fused-ring (bicyclic) bond motifs is 2. The number of hydrogen-bond donors (Lipinski definition) is 4. The van der Waals surface area contributed by atoms with Crippen LogP contribution in [0.5, 0.6) is 5.75 Å². The molecule has 3 aliphatic heterocycles. The van der Waals surface area contributed by atoms with E-state index in [1.807, 2.05) is 33.0 Å². The molecule has 3 aliphatic rings. The zero-order chi connectivity index (χ0) is 43.2. The van der Waals surface area contributed by atoms with E-state index in [4.69, 9.17) is 15.9 Å². The Hall–Kier alpha value is -6.19. The third kappa shape index (κ3) is 8.19. The van der Waals surface area contributed by atoms with Crippen molar-refractivity contribution in [3.63, 3.8) is 0 Å². The van der Waals surface area contributed by atoms with Gasteiger partial charge in [-0.2, -0.15) is 18.9 Å². The van der Waals surface area contributed by atoms with E-state index in [0.717, 1.165) is 61.5 Å². The standard InChI is InChI=1S/C40H49FN14O5S/c1-24(2)60-36-35(27(18-42)19-43)44-23-55-38(36)47-39(49-55)45-32-10-8-29(17-31(32)41)61(58,59)52-12-5-6-26(22-52)21-51-14-15-53(25(3)20-51)28-7-9-30-33(16-28)50(4)48-37(30)54-13-11-34(56)46-40(54)57/h7-10,16-19,23-26,42H,5-6,11-15,20-22,43H2,1-4H3,(H,45,49)(H,46,56,57)/b27-19+,42-18?. The number of nitrogens with two attached hydrogens (primary N) is 1. The lowest BCUT2D eigenvalue weighted by atomic mass is 9.98. The topological polar surface area (TPSA) is 225 Å². The molecule has 5 N–H and O–H groups in total. The van der Waals surface area contributed by atoms with Crippen molar-refractivity contribution in [2.24, 2.45) is 18.7 Å². The molecule has 8 rings (SSSR count). The molecule has 2 unspecified atom stereocenters. The second kappa shape index (κ2) is 16.7. The molecule has 6 heterocycles. The number of piperazine rings is 1. The van der Waals surface area contributed by atoms with E-state index < -0.39 is 21.9 Å². The van der Waals surface area contributed by atoms with Crippen molar-refractivity contribution >= 4 is 73.4 Å². The first-order valence-electron chi connectivity index (χ1n) is 20.2. The number of imide groups is 1. The van der Waals surface area contributed by atoms with E-state index in [9.17, 15) is 18.0 Å². The second-order valence-corrected chi connectivity index (χ2v) is 17.8. The monoisotopic (exact) mass is 856 g/mol. The van der Waals surface area contributed by atoms with Crippen molar-refractivity contribution < 1.29 is 27.1 Å². The number of halogens is 1. The predicted molar refractivity (Wildman–Crippen MR) is 228 cm³/mol. The number of urea groups is 1. The third-order valence-electron chi connectivity index (χ3n) is 11.3. The number of carbonyl (C=O) groups excluding carboxylic acids is 2. The quantitative estimate of drug-likeness (QED) is 0.132. The number of amides is 3. The Morgan fingerprint density at radius 2 is 1.93 bits per heavy atom. The fourth-order valence-corrected chi connectivity index (χ4v) is 9.94. The van der Waals surface area contributed by atoms with Crippen LogP contribution in [0, 0.1) is 17.1 Å². The summed E-state index contributed by atoms with van der Waals surface area (Å²) in [5.74, 6) is -0.178. The van der Waals surface area contributed by atoms with Gasteiger partial charge in [0, 0.05) is 94.4 Å². The summed E-state index contributed by atoms with van der Waals surface area (Å²) in [5.41, 5.74) is 8.49. The molecule has 3 aromatic heterocycles. The number of piperidine rings is 1. The van der Waals surface area contributed by atoms with Crippen LogP contribution in [0.25, 0.3) is 22.1 Å². The van der Waals surface area contributed by atoms with Gasteiger partial charge in [-0.25, -0.2) is 22.6 Å². The number of aromatic nitrogens is 6. The van der Waals surface area contributed by atoms with Crippen molar-refractivity contribution in [1.82, 2.24) is 43.9 Å². The van der Waals surface area contributed by atoms with Gasteiger partial charge in [0.1, 0.15) is 17.8 Å². The van der Waals surface area contributed by atoms with Crippen LogP contribution in [0.2, 0.25) is 0 Å². The number of nitrogens with one attached hydrogen (secondary N) is 3. The highest BCUT2D eigenvalue weighted by Gasteiger charge is 2.34. The molecule has 322 valence electrons. The maximum Gasteiger partial charge on any atom is 0.329 e. The molecule has 21 heteroatoms. The van der Waals surface area contributed by atoms with E-state index in [1.54, 1.807) is 4.68 Å². The fourth-order valence-electron chi connectivity index (χ4n) is 8.37. The fraction of sp³-hybridized carbons (Fsp3) is 0.425. The van der Waals surface area contributed by atoms with Gasteiger partial charge in [-0.15, -0.1) is 5.10 Å². The molecule has 0 aliphatic carbocycles. The molecule has 2 atom stereocenters. The van der Waals surface area contributed by atoms with E-state index in [-0.39, 0.29) is 64.9 Å².